The molecule has 0 unspecified atom stereocenters. The zero-order chi connectivity index (χ0) is 19.1. The van der Waals surface area contributed by atoms with Gasteiger partial charge in [0.05, 0.1) is 12.0 Å². The van der Waals surface area contributed by atoms with Crippen molar-refractivity contribution in [3.8, 4) is 5.75 Å². The maximum absolute atomic E-state index is 12.3. The molecule has 1 N–H and O–H groups in total. The van der Waals surface area contributed by atoms with Crippen LogP contribution in [-0.4, -0.2) is 37.4 Å². The average Bonchev–Trinajstić information content (AvgIpc) is 3.18. The number of thiophene rings is 1. The van der Waals surface area contributed by atoms with Crippen molar-refractivity contribution in [2.45, 2.75) is 19.9 Å². The average molecular weight is 375 g/mol. The summed E-state index contributed by atoms with van der Waals surface area (Å²) in [5.41, 5.74) is 0.419. The van der Waals surface area contributed by atoms with Crippen molar-refractivity contribution in [1.82, 2.24) is 5.32 Å². The second kappa shape index (κ2) is 9.15. The molecule has 0 saturated carbocycles. The number of rotatable bonds is 8. The number of Topliss-reactive ketones (excluding diaryl/α,β-unsaturated/α-hetero) is 1. The van der Waals surface area contributed by atoms with Crippen LogP contribution in [0.15, 0.2) is 41.8 Å². The molecule has 0 radical (unpaired) electrons. The molecule has 0 saturated heterocycles. The van der Waals surface area contributed by atoms with Gasteiger partial charge < -0.3 is 14.8 Å². The van der Waals surface area contributed by atoms with Crippen molar-refractivity contribution in [2.75, 3.05) is 13.7 Å². The van der Waals surface area contributed by atoms with Crippen LogP contribution in [0.4, 0.5) is 0 Å². The number of hydrogen-bond donors (Lipinski definition) is 1. The summed E-state index contributed by atoms with van der Waals surface area (Å²) < 4.78 is 10.2. The van der Waals surface area contributed by atoms with E-state index in [0.717, 1.165) is 0 Å². The lowest BCUT2D eigenvalue weighted by molar-refractivity contribution is -0.145. The normalized spacial score (nSPS) is 11.7. The summed E-state index contributed by atoms with van der Waals surface area (Å²) >= 11 is 1.29. The van der Waals surface area contributed by atoms with Crippen molar-refractivity contribution in [3.05, 3.63) is 52.2 Å². The Labute approximate surface area is 156 Å². The van der Waals surface area contributed by atoms with Gasteiger partial charge in [0.1, 0.15) is 11.8 Å². The van der Waals surface area contributed by atoms with Gasteiger partial charge in [-0.1, -0.05) is 19.9 Å². The highest BCUT2D eigenvalue weighted by atomic mass is 32.1. The van der Waals surface area contributed by atoms with E-state index in [4.69, 9.17) is 9.47 Å². The summed E-state index contributed by atoms with van der Waals surface area (Å²) in [5, 5.41) is 4.45. The van der Waals surface area contributed by atoms with Gasteiger partial charge >= 0.3 is 5.97 Å². The monoisotopic (exact) mass is 375 g/mol. The molecule has 0 aliphatic heterocycles. The van der Waals surface area contributed by atoms with Crippen molar-refractivity contribution in [3.63, 3.8) is 0 Å². The summed E-state index contributed by atoms with van der Waals surface area (Å²) in [7, 11) is 1.54. The first-order chi connectivity index (χ1) is 12.4. The van der Waals surface area contributed by atoms with Gasteiger partial charge in [0, 0.05) is 5.56 Å². The van der Waals surface area contributed by atoms with Gasteiger partial charge in [-0.25, -0.2) is 4.79 Å². The summed E-state index contributed by atoms with van der Waals surface area (Å²) in [5.74, 6) is -0.839. The van der Waals surface area contributed by atoms with E-state index in [9.17, 15) is 14.4 Å². The second-order valence-electron chi connectivity index (χ2n) is 5.93. The minimum Gasteiger partial charge on any atom is -0.497 e. The van der Waals surface area contributed by atoms with E-state index in [1.165, 1.54) is 18.4 Å². The van der Waals surface area contributed by atoms with Gasteiger partial charge in [0.25, 0.3) is 5.91 Å². The number of nitrogens with one attached hydrogen (secondary N) is 1. The summed E-state index contributed by atoms with van der Waals surface area (Å²) in [6, 6.07) is 9.14. The molecule has 0 aliphatic carbocycles. The van der Waals surface area contributed by atoms with Crippen molar-refractivity contribution in [2.24, 2.45) is 5.92 Å². The highest BCUT2D eigenvalue weighted by Gasteiger charge is 2.27. The smallest absolute Gasteiger partial charge is 0.329 e. The second-order valence-corrected chi connectivity index (χ2v) is 6.88. The summed E-state index contributed by atoms with van der Waals surface area (Å²) in [6.07, 6.45) is 0. The molecule has 0 bridgehead atoms. The van der Waals surface area contributed by atoms with Gasteiger partial charge in [0.15, 0.2) is 12.4 Å². The topological polar surface area (TPSA) is 81.7 Å². The number of carbonyl (C=O) groups excluding carboxylic acids is 3. The summed E-state index contributed by atoms with van der Waals surface area (Å²) in [6.45, 7) is 3.21. The molecule has 0 spiro atoms. The molecular formula is C19H21NO5S. The van der Waals surface area contributed by atoms with Crippen LogP contribution in [0.2, 0.25) is 0 Å². The van der Waals surface area contributed by atoms with Gasteiger partial charge in [-0.3, -0.25) is 9.59 Å². The van der Waals surface area contributed by atoms with Crippen LogP contribution in [0.5, 0.6) is 5.75 Å². The van der Waals surface area contributed by atoms with Crippen LogP contribution < -0.4 is 10.1 Å². The predicted octanol–water partition coefficient (Wildman–Crippen LogP) is 2.94. The highest BCUT2D eigenvalue weighted by Crippen LogP contribution is 2.13. The number of esters is 1. The van der Waals surface area contributed by atoms with Crippen LogP contribution >= 0.6 is 11.3 Å². The number of methoxy groups -OCH3 is 1. The summed E-state index contributed by atoms with van der Waals surface area (Å²) in [4.78, 5) is 37.1. The fraction of sp³-hybridized carbons (Fsp3) is 0.316. The molecule has 7 heteroatoms. The van der Waals surface area contributed by atoms with Gasteiger partial charge in [-0.15, -0.1) is 11.3 Å². The first-order valence-electron chi connectivity index (χ1n) is 8.10. The molecule has 0 fully saturated rings. The molecule has 138 valence electrons. The Hall–Kier alpha value is -2.67. The lowest BCUT2D eigenvalue weighted by Gasteiger charge is -2.20. The van der Waals surface area contributed by atoms with Crippen LogP contribution in [0.1, 0.15) is 33.9 Å². The number of hydrogen-bond acceptors (Lipinski definition) is 6. The van der Waals surface area contributed by atoms with Crippen molar-refractivity contribution < 1.29 is 23.9 Å². The first-order valence-corrected chi connectivity index (χ1v) is 8.98. The Balaban J connectivity index is 1.94. The molecule has 1 aromatic heterocycles. The van der Waals surface area contributed by atoms with E-state index in [1.807, 2.05) is 0 Å². The number of benzene rings is 1. The minimum atomic E-state index is -0.826. The highest BCUT2D eigenvalue weighted by molar-refractivity contribution is 7.12. The third-order valence-electron chi connectivity index (χ3n) is 3.71. The quantitative estimate of drug-likeness (QED) is 0.567. The SMILES string of the molecule is COc1ccc(C(=O)COC(=O)[C@@H](NC(=O)c2cccs2)C(C)C)cc1. The van der Waals surface area contributed by atoms with Gasteiger partial charge in [-0.05, 0) is 41.6 Å². The largest absolute Gasteiger partial charge is 0.497 e. The maximum Gasteiger partial charge on any atom is 0.329 e. The third kappa shape index (κ3) is 5.16. The zero-order valence-electron chi connectivity index (χ0n) is 14.9. The van der Waals surface area contributed by atoms with E-state index in [2.05, 4.69) is 5.32 Å². The molecule has 1 amide bonds. The molecular weight excluding hydrogens is 354 g/mol. The molecule has 1 heterocycles. The van der Waals surface area contributed by atoms with E-state index < -0.39 is 12.0 Å². The van der Waals surface area contributed by atoms with E-state index in [-0.39, 0.29) is 24.2 Å². The fourth-order valence-electron chi connectivity index (χ4n) is 2.20. The molecule has 2 aromatic rings. The molecule has 2 rings (SSSR count). The van der Waals surface area contributed by atoms with Crippen LogP contribution in [0.25, 0.3) is 0 Å². The molecule has 6 nitrogen and oxygen atoms in total. The van der Waals surface area contributed by atoms with E-state index in [1.54, 1.807) is 55.6 Å². The minimum absolute atomic E-state index is 0.178. The predicted molar refractivity (Wildman–Crippen MR) is 98.7 cm³/mol. The third-order valence-corrected chi connectivity index (χ3v) is 4.58. The fourth-order valence-corrected chi connectivity index (χ4v) is 2.83. The Morgan fingerprint density at radius 2 is 1.81 bits per heavy atom. The van der Waals surface area contributed by atoms with Crippen LogP contribution in [-0.2, 0) is 9.53 Å². The number of amides is 1. The molecule has 1 aromatic carbocycles. The Kier molecular flexibility index (Phi) is 6.91. The van der Waals surface area contributed by atoms with Crippen molar-refractivity contribution >= 4 is 29.0 Å². The standard InChI is InChI=1S/C19H21NO5S/c1-12(2)17(20-18(22)16-5-4-10-26-16)19(23)25-11-15(21)13-6-8-14(24-3)9-7-13/h4-10,12,17H,11H2,1-3H3,(H,20,22)/t17-/m0/s1. The van der Waals surface area contributed by atoms with Crippen LogP contribution in [0, 0.1) is 5.92 Å². The van der Waals surface area contributed by atoms with E-state index >= 15 is 0 Å². The molecule has 0 aliphatic rings. The maximum atomic E-state index is 12.3. The van der Waals surface area contributed by atoms with Gasteiger partial charge in [0.2, 0.25) is 0 Å². The lowest BCUT2D eigenvalue weighted by atomic mass is 10.0. The van der Waals surface area contributed by atoms with E-state index in [0.29, 0.717) is 16.2 Å². The first kappa shape index (κ1) is 19.7. The number of ketones is 1. The lowest BCUT2D eigenvalue weighted by Crippen LogP contribution is -2.45. The Morgan fingerprint density at radius 1 is 1.12 bits per heavy atom. The van der Waals surface area contributed by atoms with Crippen molar-refractivity contribution in [1.29, 1.82) is 0 Å². The van der Waals surface area contributed by atoms with Crippen LogP contribution in [0.3, 0.4) is 0 Å². The Bertz CT molecular complexity index is 753. The molecule has 1 atom stereocenters. The zero-order valence-corrected chi connectivity index (χ0v) is 15.7. The Morgan fingerprint density at radius 3 is 2.35 bits per heavy atom. The molecule has 26 heavy (non-hydrogen) atoms. The number of carbonyl (C=O) groups is 3. The van der Waals surface area contributed by atoms with Gasteiger partial charge in [-0.2, -0.15) is 0 Å². The number of ether oxygens (including phenoxy) is 2.